The molecular formula is C12H17N3O2. The van der Waals surface area contributed by atoms with Crippen molar-refractivity contribution < 1.29 is 9.52 Å². The predicted octanol–water partition coefficient (Wildman–Crippen LogP) is 0.632. The van der Waals surface area contributed by atoms with Crippen molar-refractivity contribution >= 4 is 0 Å². The second kappa shape index (κ2) is 5.82. The first-order valence-electron chi connectivity index (χ1n) is 5.86. The van der Waals surface area contributed by atoms with E-state index in [1.807, 2.05) is 6.07 Å². The zero-order valence-electron chi connectivity index (χ0n) is 9.72. The Balaban J connectivity index is 2.12. The van der Waals surface area contributed by atoms with Crippen molar-refractivity contribution in [3.8, 4) is 6.07 Å². The monoisotopic (exact) mass is 235 g/mol. The third-order valence-electron chi connectivity index (χ3n) is 3.04. The number of hydrogen-bond donors (Lipinski definition) is 2. The van der Waals surface area contributed by atoms with E-state index in [1.165, 1.54) is 0 Å². The molecule has 2 N–H and O–H groups in total. The van der Waals surface area contributed by atoms with E-state index >= 15 is 0 Å². The van der Waals surface area contributed by atoms with Gasteiger partial charge in [-0.15, -0.1) is 0 Å². The number of hydrogen-bond acceptors (Lipinski definition) is 5. The van der Waals surface area contributed by atoms with E-state index in [2.05, 4.69) is 16.3 Å². The minimum Gasteiger partial charge on any atom is -0.462 e. The van der Waals surface area contributed by atoms with Crippen molar-refractivity contribution in [2.45, 2.75) is 19.1 Å². The Labute approximate surface area is 101 Å². The van der Waals surface area contributed by atoms with Crippen LogP contribution in [0.25, 0.3) is 0 Å². The Kier molecular flexibility index (Phi) is 4.15. The van der Waals surface area contributed by atoms with Crippen LogP contribution in [0.4, 0.5) is 0 Å². The molecule has 92 valence electrons. The van der Waals surface area contributed by atoms with Gasteiger partial charge in [-0.3, -0.25) is 4.90 Å². The van der Waals surface area contributed by atoms with E-state index in [0.29, 0.717) is 12.2 Å². The Bertz CT molecular complexity index is 391. The summed E-state index contributed by atoms with van der Waals surface area (Å²) in [5, 5.41) is 21.2. The maximum absolute atomic E-state index is 8.99. The van der Waals surface area contributed by atoms with E-state index in [0.717, 1.165) is 31.9 Å². The molecule has 0 aliphatic carbocycles. The smallest absolute Gasteiger partial charge is 0.129 e. The highest BCUT2D eigenvalue weighted by atomic mass is 16.4. The molecule has 0 bridgehead atoms. The van der Waals surface area contributed by atoms with Crippen molar-refractivity contribution in [2.75, 3.05) is 26.2 Å². The average Bonchev–Trinajstić information content (AvgIpc) is 2.85. The molecule has 0 unspecified atom stereocenters. The van der Waals surface area contributed by atoms with Gasteiger partial charge in [-0.2, -0.15) is 5.26 Å². The molecule has 1 aromatic rings. The van der Waals surface area contributed by atoms with E-state index in [1.54, 1.807) is 6.07 Å². The zero-order chi connectivity index (χ0) is 12.1. The zero-order valence-corrected chi connectivity index (χ0v) is 9.72. The van der Waals surface area contributed by atoms with E-state index in [4.69, 9.17) is 14.8 Å². The van der Waals surface area contributed by atoms with Gasteiger partial charge >= 0.3 is 0 Å². The van der Waals surface area contributed by atoms with Crippen molar-refractivity contribution in [1.29, 1.82) is 5.26 Å². The van der Waals surface area contributed by atoms with Crippen LogP contribution in [0.5, 0.6) is 0 Å². The lowest BCUT2D eigenvalue weighted by Crippen LogP contribution is -2.45. The first-order valence-corrected chi connectivity index (χ1v) is 5.86. The van der Waals surface area contributed by atoms with E-state index in [-0.39, 0.29) is 12.6 Å². The minimum absolute atomic E-state index is 0.00222. The lowest BCUT2D eigenvalue weighted by molar-refractivity contribution is 0.151. The Morgan fingerprint density at radius 3 is 2.82 bits per heavy atom. The Hall–Kier alpha value is -1.35. The molecular weight excluding hydrogens is 218 g/mol. The molecule has 0 spiro atoms. The Morgan fingerprint density at radius 2 is 2.24 bits per heavy atom. The summed E-state index contributed by atoms with van der Waals surface area (Å²) in [4.78, 5) is 2.25. The molecule has 1 aliphatic heterocycles. The molecule has 2 rings (SSSR count). The lowest BCUT2D eigenvalue weighted by Gasteiger charge is -2.32. The number of piperazine rings is 1. The van der Waals surface area contributed by atoms with E-state index in [9.17, 15) is 0 Å². The summed E-state index contributed by atoms with van der Waals surface area (Å²) in [5.41, 5.74) is 0. The SMILES string of the molecule is N#CC[C@@H](c1ccc(CO)o1)N1CCNCC1. The maximum atomic E-state index is 8.99. The largest absolute Gasteiger partial charge is 0.462 e. The molecule has 5 nitrogen and oxygen atoms in total. The van der Waals surface area contributed by atoms with Crippen molar-refractivity contribution in [2.24, 2.45) is 0 Å². The highest BCUT2D eigenvalue weighted by molar-refractivity contribution is 5.12. The van der Waals surface area contributed by atoms with Crippen LogP contribution in [-0.2, 0) is 6.61 Å². The van der Waals surface area contributed by atoms with Crippen molar-refractivity contribution in [1.82, 2.24) is 10.2 Å². The standard InChI is InChI=1S/C12H17N3O2/c13-4-3-11(15-7-5-14-6-8-15)12-2-1-10(9-16)17-12/h1-2,11,14,16H,3,5-9H2/t11-/m0/s1. The fourth-order valence-corrected chi connectivity index (χ4v) is 2.15. The quantitative estimate of drug-likeness (QED) is 0.801. The van der Waals surface area contributed by atoms with Crippen molar-refractivity contribution in [3.05, 3.63) is 23.7 Å². The van der Waals surface area contributed by atoms with Gasteiger partial charge in [-0.05, 0) is 12.1 Å². The summed E-state index contributed by atoms with van der Waals surface area (Å²) in [7, 11) is 0. The molecule has 1 atom stereocenters. The first kappa shape index (κ1) is 12.1. The maximum Gasteiger partial charge on any atom is 0.129 e. The molecule has 0 amide bonds. The van der Waals surface area contributed by atoms with Crippen molar-refractivity contribution in [3.63, 3.8) is 0 Å². The Morgan fingerprint density at radius 1 is 1.47 bits per heavy atom. The number of rotatable bonds is 4. The fourth-order valence-electron chi connectivity index (χ4n) is 2.15. The van der Waals surface area contributed by atoms with Crippen LogP contribution < -0.4 is 5.32 Å². The number of aliphatic hydroxyl groups excluding tert-OH is 1. The summed E-state index contributed by atoms with van der Waals surface area (Å²) in [6, 6.07) is 5.83. The van der Waals surface area contributed by atoms with Gasteiger partial charge in [-0.25, -0.2) is 0 Å². The van der Waals surface area contributed by atoms with Crippen LogP contribution in [0.3, 0.4) is 0 Å². The van der Waals surface area contributed by atoms with Gasteiger partial charge in [0.05, 0.1) is 18.5 Å². The summed E-state index contributed by atoms with van der Waals surface area (Å²) in [5.74, 6) is 1.33. The number of furan rings is 1. The second-order valence-electron chi connectivity index (χ2n) is 4.13. The molecule has 0 aromatic carbocycles. The molecule has 2 heterocycles. The van der Waals surface area contributed by atoms with Crippen LogP contribution >= 0.6 is 0 Å². The highest BCUT2D eigenvalue weighted by Gasteiger charge is 2.24. The topological polar surface area (TPSA) is 72.4 Å². The number of nitrogens with one attached hydrogen (secondary N) is 1. The molecule has 1 fully saturated rings. The normalized spacial score (nSPS) is 18.8. The van der Waals surface area contributed by atoms with Gasteiger partial charge in [0.25, 0.3) is 0 Å². The first-order chi connectivity index (χ1) is 8.35. The highest BCUT2D eigenvalue weighted by Crippen LogP contribution is 2.26. The fraction of sp³-hybridized carbons (Fsp3) is 0.583. The van der Waals surface area contributed by atoms with Gasteiger partial charge in [0.2, 0.25) is 0 Å². The van der Waals surface area contributed by atoms with E-state index < -0.39 is 0 Å². The third-order valence-corrected chi connectivity index (χ3v) is 3.04. The van der Waals surface area contributed by atoms with Crippen LogP contribution in [0, 0.1) is 11.3 Å². The molecule has 1 saturated heterocycles. The molecule has 17 heavy (non-hydrogen) atoms. The van der Waals surface area contributed by atoms with Crippen LogP contribution in [-0.4, -0.2) is 36.2 Å². The molecule has 0 saturated carbocycles. The van der Waals surface area contributed by atoms with Crippen LogP contribution in [0.2, 0.25) is 0 Å². The summed E-state index contributed by atoms with van der Waals surface area (Å²) in [6.07, 6.45) is 0.415. The van der Waals surface area contributed by atoms with Gasteiger partial charge in [0, 0.05) is 26.2 Å². The van der Waals surface area contributed by atoms with Gasteiger partial charge in [0.1, 0.15) is 18.1 Å². The van der Waals surface area contributed by atoms with Gasteiger partial charge in [-0.1, -0.05) is 0 Å². The minimum atomic E-state index is -0.0964. The molecule has 1 aliphatic rings. The van der Waals surface area contributed by atoms with Gasteiger partial charge < -0.3 is 14.8 Å². The number of aliphatic hydroxyl groups is 1. The average molecular weight is 235 g/mol. The number of nitrogens with zero attached hydrogens (tertiary/aromatic N) is 2. The number of nitriles is 1. The predicted molar refractivity (Wildman–Crippen MR) is 62.0 cm³/mol. The summed E-state index contributed by atoms with van der Waals surface area (Å²) < 4.78 is 5.54. The molecule has 0 radical (unpaired) electrons. The van der Waals surface area contributed by atoms with Gasteiger partial charge in [0.15, 0.2) is 0 Å². The summed E-state index contributed by atoms with van der Waals surface area (Å²) >= 11 is 0. The molecule has 5 heteroatoms. The van der Waals surface area contributed by atoms with Crippen LogP contribution in [0.15, 0.2) is 16.5 Å². The second-order valence-corrected chi connectivity index (χ2v) is 4.13. The lowest BCUT2D eigenvalue weighted by atomic mass is 10.1. The molecule has 1 aromatic heterocycles. The third kappa shape index (κ3) is 2.86. The van der Waals surface area contributed by atoms with Crippen LogP contribution in [0.1, 0.15) is 24.0 Å². The summed E-state index contributed by atoms with van der Waals surface area (Å²) in [6.45, 7) is 3.62.